The largest absolute Gasteiger partial charge is 0.756 e. The van der Waals surface area contributed by atoms with Gasteiger partial charge in [-0.15, -0.1) is 0 Å². The lowest BCUT2D eigenvalue weighted by Gasteiger charge is -2.28. The lowest BCUT2D eigenvalue weighted by atomic mass is 10.0. The molecule has 0 aliphatic carbocycles. The van der Waals surface area contributed by atoms with Crippen molar-refractivity contribution in [1.29, 1.82) is 0 Å². The van der Waals surface area contributed by atoms with Gasteiger partial charge in [-0.05, 0) is 6.42 Å². The van der Waals surface area contributed by atoms with Crippen LogP contribution in [0, 0.1) is 0 Å². The van der Waals surface area contributed by atoms with Crippen LogP contribution in [-0.2, 0) is 23.1 Å². The predicted molar refractivity (Wildman–Crippen MR) is 130 cm³/mol. The second-order valence-electron chi connectivity index (χ2n) is 9.77. The van der Waals surface area contributed by atoms with Crippen LogP contribution in [0.5, 0.6) is 0 Å². The van der Waals surface area contributed by atoms with E-state index in [2.05, 4.69) is 6.92 Å². The average Bonchev–Trinajstić information content (AvgIpc) is 2.72. The van der Waals surface area contributed by atoms with E-state index in [1.807, 2.05) is 21.1 Å². The molecule has 2 atom stereocenters. The van der Waals surface area contributed by atoms with Gasteiger partial charge >= 0.3 is 0 Å². The third-order valence-corrected chi connectivity index (χ3v) is 6.42. The van der Waals surface area contributed by atoms with Gasteiger partial charge in [-0.1, -0.05) is 84.0 Å². The van der Waals surface area contributed by atoms with E-state index in [1.165, 1.54) is 84.2 Å². The van der Waals surface area contributed by atoms with Crippen LogP contribution in [0.4, 0.5) is 0 Å². The van der Waals surface area contributed by atoms with Crippen molar-refractivity contribution >= 4 is 7.82 Å². The minimum absolute atomic E-state index is 0.0947. The van der Waals surface area contributed by atoms with Crippen molar-refractivity contribution < 1.29 is 32.5 Å². The summed E-state index contributed by atoms with van der Waals surface area (Å²) in [5.74, 6) is 0. The number of methoxy groups -OCH3 is 1. The fraction of sp³-hybridized carbons (Fsp3) is 1.00. The zero-order chi connectivity index (χ0) is 24.1. The molecule has 0 saturated carbocycles. The molecule has 0 aromatic carbocycles. The Bertz CT molecular complexity index is 458. The van der Waals surface area contributed by atoms with Crippen LogP contribution in [0.1, 0.15) is 90.4 Å². The normalized spacial score (nSPS) is 15.1. The Hall–Kier alpha value is -0.0100. The summed E-state index contributed by atoms with van der Waals surface area (Å²) in [5.41, 5.74) is 0. The Morgan fingerprint density at radius 3 is 1.72 bits per heavy atom. The Morgan fingerprint density at radius 2 is 1.25 bits per heavy atom. The first kappa shape index (κ1) is 32.0. The summed E-state index contributed by atoms with van der Waals surface area (Å²) in [6.45, 7) is 3.81. The van der Waals surface area contributed by atoms with Gasteiger partial charge in [-0.3, -0.25) is 4.57 Å². The van der Waals surface area contributed by atoms with Gasteiger partial charge in [0.25, 0.3) is 7.82 Å². The first-order chi connectivity index (χ1) is 15.2. The van der Waals surface area contributed by atoms with E-state index in [9.17, 15) is 9.46 Å². The maximum atomic E-state index is 11.8. The van der Waals surface area contributed by atoms with Gasteiger partial charge < -0.3 is 27.9 Å². The number of phosphoric ester groups is 1. The van der Waals surface area contributed by atoms with Gasteiger partial charge in [0.2, 0.25) is 0 Å². The first-order valence-electron chi connectivity index (χ1n) is 12.7. The van der Waals surface area contributed by atoms with Crippen LogP contribution >= 0.6 is 7.82 Å². The van der Waals surface area contributed by atoms with Crippen molar-refractivity contribution in [2.45, 2.75) is 96.5 Å². The molecule has 0 amide bonds. The van der Waals surface area contributed by atoms with Crippen molar-refractivity contribution in [3.63, 3.8) is 0 Å². The van der Waals surface area contributed by atoms with Crippen LogP contribution < -0.4 is 4.89 Å². The average molecular weight is 482 g/mol. The molecule has 7 nitrogen and oxygen atoms in total. The van der Waals surface area contributed by atoms with Crippen LogP contribution in [0.25, 0.3) is 0 Å². The topological polar surface area (TPSA) is 77.1 Å². The van der Waals surface area contributed by atoms with Crippen molar-refractivity contribution in [3.8, 4) is 0 Å². The number of unbranched alkanes of at least 4 members (excludes halogenated alkanes) is 12. The molecule has 0 aliphatic rings. The molecule has 0 bridgehead atoms. The number of quaternary nitrogens is 1. The fourth-order valence-electron chi connectivity index (χ4n) is 3.26. The smallest absolute Gasteiger partial charge is 0.268 e. The Morgan fingerprint density at radius 1 is 0.750 bits per heavy atom. The number of likely N-dealkylation sites (N-methyl/N-ethyl adjacent to an activating group) is 1. The highest BCUT2D eigenvalue weighted by Crippen LogP contribution is 2.38. The highest BCUT2D eigenvalue weighted by atomic mass is 31.2. The summed E-state index contributed by atoms with van der Waals surface area (Å²) in [7, 11) is 3.11. The molecule has 0 radical (unpaired) electrons. The summed E-state index contributed by atoms with van der Waals surface area (Å²) in [4.78, 5) is 11.8. The zero-order valence-corrected chi connectivity index (χ0v) is 22.5. The van der Waals surface area contributed by atoms with E-state index in [-0.39, 0.29) is 13.2 Å². The van der Waals surface area contributed by atoms with E-state index in [0.717, 1.165) is 6.42 Å². The van der Waals surface area contributed by atoms with E-state index in [4.69, 9.17) is 18.5 Å². The number of phosphoric acid groups is 1. The molecular weight excluding hydrogens is 429 g/mol. The molecule has 0 heterocycles. The summed E-state index contributed by atoms with van der Waals surface area (Å²) < 4.78 is 33.2. The zero-order valence-electron chi connectivity index (χ0n) is 21.6. The third kappa shape index (κ3) is 23.2. The Kier molecular flexibility index (Phi) is 20.4. The first-order valence-corrected chi connectivity index (χ1v) is 14.2. The molecule has 0 N–H and O–H groups in total. The molecule has 8 heteroatoms. The number of nitrogens with zero attached hydrogens (tertiary/aromatic N) is 1. The molecule has 0 aromatic heterocycles. The molecule has 0 aliphatic heterocycles. The summed E-state index contributed by atoms with van der Waals surface area (Å²) in [6, 6.07) is 0. The molecule has 0 rings (SSSR count). The van der Waals surface area contributed by atoms with Gasteiger partial charge in [-0.2, -0.15) is 0 Å². The Labute approximate surface area is 198 Å². The molecule has 0 fully saturated rings. The van der Waals surface area contributed by atoms with Crippen LogP contribution in [0.15, 0.2) is 0 Å². The maximum absolute atomic E-state index is 11.8. The molecule has 0 saturated heterocycles. The van der Waals surface area contributed by atoms with Crippen molar-refractivity contribution in [3.05, 3.63) is 0 Å². The second kappa shape index (κ2) is 20.4. The van der Waals surface area contributed by atoms with Gasteiger partial charge in [-0.25, -0.2) is 0 Å². The second-order valence-corrected chi connectivity index (χ2v) is 11.2. The van der Waals surface area contributed by atoms with Gasteiger partial charge in [0.05, 0.1) is 34.4 Å². The lowest BCUT2D eigenvalue weighted by Crippen LogP contribution is -2.37. The van der Waals surface area contributed by atoms with Crippen molar-refractivity contribution in [2.24, 2.45) is 0 Å². The van der Waals surface area contributed by atoms with Crippen molar-refractivity contribution in [2.75, 3.05) is 61.2 Å². The highest BCUT2D eigenvalue weighted by molar-refractivity contribution is 7.45. The van der Waals surface area contributed by atoms with E-state index in [1.54, 1.807) is 0 Å². The lowest BCUT2D eigenvalue weighted by molar-refractivity contribution is -0.870. The standard InChI is InChI=1S/C24H52NO6P/c1-6-7-8-9-10-11-12-13-14-15-16-17-18-20-29-22-24(28-5)23-31-32(26,27)30-21-19-25(2,3)4/h24H,6-23H2,1-5H3. The quantitative estimate of drug-likeness (QED) is 0.106. The summed E-state index contributed by atoms with van der Waals surface area (Å²) >= 11 is 0. The highest BCUT2D eigenvalue weighted by Gasteiger charge is 2.16. The monoisotopic (exact) mass is 481 g/mol. The van der Waals surface area contributed by atoms with Gasteiger partial charge in [0.15, 0.2) is 0 Å². The van der Waals surface area contributed by atoms with Gasteiger partial charge in [0.1, 0.15) is 19.3 Å². The minimum Gasteiger partial charge on any atom is -0.756 e. The van der Waals surface area contributed by atoms with E-state index < -0.39 is 13.9 Å². The number of ether oxygens (including phenoxy) is 2. The Balaban J connectivity index is 3.56. The van der Waals surface area contributed by atoms with Crippen molar-refractivity contribution in [1.82, 2.24) is 0 Å². The molecule has 0 spiro atoms. The SMILES string of the molecule is CCCCCCCCCCCCCCCOCC(COP(=O)([O-])OCC[N+](C)(C)C)OC. The molecule has 0 aromatic rings. The van der Waals surface area contributed by atoms with Gasteiger partial charge in [0, 0.05) is 13.7 Å². The van der Waals surface area contributed by atoms with E-state index >= 15 is 0 Å². The van der Waals surface area contributed by atoms with Crippen LogP contribution in [-0.4, -0.2) is 71.8 Å². The summed E-state index contributed by atoms with van der Waals surface area (Å²) in [6.07, 6.45) is 16.7. The number of rotatable bonds is 24. The number of hydrogen-bond acceptors (Lipinski definition) is 6. The fourth-order valence-corrected chi connectivity index (χ4v) is 3.99. The molecule has 194 valence electrons. The predicted octanol–water partition coefficient (Wildman–Crippen LogP) is 5.32. The third-order valence-electron chi connectivity index (χ3n) is 5.46. The van der Waals surface area contributed by atoms with Crippen LogP contribution in [0.3, 0.4) is 0 Å². The minimum atomic E-state index is -4.32. The summed E-state index contributed by atoms with van der Waals surface area (Å²) in [5, 5.41) is 0. The molecule has 32 heavy (non-hydrogen) atoms. The molecule has 2 unspecified atom stereocenters. The molecular formula is C24H52NO6P. The maximum Gasteiger partial charge on any atom is 0.268 e. The van der Waals surface area contributed by atoms with E-state index in [0.29, 0.717) is 24.2 Å². The van der Waals surface area contributed by atoms with Crippen LogP contribution in [0.2, 0.25) is 0 Å². The number of hydrogen-bond donors (Lipinski definition) is 0.